The van der Waals surface area contributed by atoms with Crippen molar-refractivity contribution in [2.45, 2.75) is 0 Å². The number of rotatable bonds is 5. The van der Waals surface area contributed by atoms with Crippen molar-refractivity contribution in [3.05, 3.63) is 69.9 Å². The molecule has 2 aromatic carbocycles. The van der Waals surface area contributed by atoms with Crippen LogP contribution in [0.1, 0.15) is 16.1 Å². The van der Waals surface area contributed by atoms with E-state index >= 15 is 0 Å². The van der Waals surface area contributed by atoms with Crippen LogP contribution in [-0.4, -0.2) is 34.0 Å². The number of nitro groups is 1. The van der Waals surface area contributed by atoms with Gasteiger partial charge in [0.15, 0.2) is 11.5 Å². The van der Waals surface area contributed by atoms with Crippen LogP contribution in [0.4, 0.5) is 5.69 Å². The topological polar surface area (TPSA) is 132 Å². The lowest BCUT2D eigenvalue weighted by molar-refractivity contribution is -0.384. The molecule has 0 bridgehead atoms. The third-order valence-electron chi connectivity index (χ3n) is 3.97. The van der Waals surface area contributed by atoms with Gasteiger partial charge in [0.25, 0.3) is 11.6 Å². The van der Waals surface area contributed by atoms with Crippen molar-refractivity contribution < 1.29 is 19.2 Å². The Bertz CT molecular complexity index is 1070. The molecular formula is C18H13N5O5. The van der Waals surface area contributed by atoms with Gasteiger partial charge in [-0.05, 0) is 42.0 Å². The number of aromatic amines is 1. The molecule has 140 valence electrons. The predicted octanol–water partition coefficient (Wildman–Crippen LogP) is 2.48. The summed E-state index contributed by atoms with van der Waals surface area (Å²) in [7, 11) is 0. The first-order valence-corrected chi connectivity index (χ1v) is 8.13. The van der Waals surface area contributed by atoms with Gasteiger partial charge in [0.05, 0.1) is 16.8 Å². The first-order valence-electron chi connectivity index (χ1n) is 8.13. The molecule has 1 aromatic heterocycles. The van der Waals surface area contributed by atoms with Crippen molar-refractivity contribution >= 4 is 17.8 Å². The van der Waals surface area contributed by atoms with Crippen molar-refractivity contribution in [3.63, 3.8) is 0 Å². The number of nitrogens with zero attached hydrogens (tertiary/aromatic N) is 3. The highest BCUT2D eigenvalue weighted by atomic mass is 16.7. The predicted molar refractivity (Wildman–Crippen MR) is 98.3 cm³/mol. The molecule has 10 nitrogen and oxygen atoms in total. The van der Waals surface area contributed by atoms with Crippen LogP contribution in [0.2, 0.25) is 0 Å². The number of non-ortho nitro benzene ring substituents is 1. The summed E-state index contributed by atoms with van der Waals surface area (Å²) < 4.78 is 10.6. The number of nitro benzene ring substituents is 1. The molecule has 3 aromatic rings. The zero-order chi connectivity index (χ0) is 19.5. The Morgan fingerprint density at radius 2 is 1.96 bits per heavy atom. The first kappa shape index (κ1) is 17.2. The standard InChI is InChI=1S/C18H13N5O5/c24-18(22-19-9-11-1-4-13(5-2-11)23(25)26)15-8-14(20-21-15)12-3-6-16-17(7-12)28-10-27-16/h1-9H,10H2,(H,20,21)(H,22,24)/b19-9+. The number of nitrogens with one attached hydrogen (secondary N) is 2. The van der Waals surface area contributed by atoms with E-state index in [-0.39, 0.29) is 18.2 Å². The zero-order valence-electron chi connectivity index (χ0n) is 14.3. The van der Waals surface area contributed by atoms with E-state index in [0.29, 0.717) is 22.8 Å². The van der Waals surface area contributed by atoms with E-state index in [0.717, 1.165) is 5.56 Å². The normalized spacial score (nSPS) is 12.3. The molecule has 28 heavy (non-hydrogen) atoms. The molecule has 0 unspecified atom stereocenters. The van der Waals surface area contributed by atoms with Gasteiger partial charge in [0, 0.05) is 17.7 Å². The van der Waals surface area contributed by atoms with Gasteiger partial charge < -0.3 is 9.47 Å². The maximum absolute atomic E-state index is 12.2. The quantitative estimate of drug-likeness (QED) is 0.398. The fourth-order valence-electron chi connectivity index (χ4n) is 2.55. The second kappa shape index (κ2) is 7.19. The average Bonchev–Trinajstić information content (AvgIpc) is 3.37. The summed E-state index contributed by atoms with van der Waals surface area (Å²) in [5, 5.41) is 21.3. The van der Waals surface area contributed by atoms with Crippen LogP contribution in [0.15, 0.2) is 53.6 Å². The Kier molecular flexibility index (Phi) is 4.42. The zero-order valence-corrected chi connectivity index (χ0v) is 14.3. The Morgan fingerprint density at radius 1 is 1.18 bits per heavy atom. The smallest absolute Gasteiger partial charge is 0.289 e. The van der Waals surface area contributed by atoms with E-state index in [1.165, 1.54) is 30.5 Å². The van der Waals surface area contributed by atoms with Gasteiger partial charge in [-0.25, -0.2) is 5.43 Å². The van der Waals surface area contributed by atoms with Gasteiger partial charge in [-0.3, -0.25) is 20.0 Å². The van der Waals surface area contributed by atoms with Gasteiger partial charge in [0.1, 0.15) is 5.69 Å². The van der Waals surface area contributed by atoms with E-state index in [9.17, 15) is 14.9 Å². The number of carbonyl (C=O) groups excluding carboxylic acids is 1. The van der Waals surface area contributed by atoms with Gasteiger partial charge in [0.2, 0.25) is 6.79 Å². The lowest BCUT2D eigenvalue weighted by atomic mass is 10.1. The van der Waals surface area contributed by atoms with Crippen LogP contribution in [0.5, 0.6) is 11.5 Å². The minimum absolute atomic E-state index is 0.0188. The number of aromatic nitrogens is 2. The number of fused-ring (bicyclic) bond motifs is 1. The van der Waals surface area contributed by atoms with Crippen LogP contribution in [0, 0.1) is 10.1 Å². The molecule has 0 atom stereocenters. The summed E-state index contributed by atoms with van der Waals surface area (Å²) in [6, 6.07) is 12.7. The molecule has 0 fully saturated rings. The van der Waals surface area contributed by atoms with Gasteiger partial charge >= 0.3 is 0 Å². The fraction of sp³-hybridized carbons (Fsp3) is 0.0556. The number of amides is 1. The van der Waals surface area contributed by atoms with Crippen LogP contribution in [0.3, 0.4) is 0 Å². The molecule has 0 radical (unpaired) electrons. The largest absolute Gasteiger partial charge is 0.454 e. The van der Waals surface area contributed by atoms with E-state index < -0.39 is 10.8 Å². The second-order valence-electron chi connectivity index (χ2n) is 5.78. The van der Waals surface area contributed by atoms with Crippen molar-refractivity contribution in [1.29, 1.82) is 0 Å². The SMILES string of the molecule is O=C(N/N=C/c1ccc([N+](=O)[O-])cc1)c1cc(-c2ccc3c(c2)OCO3)n[nH]1. The Balaban J connectivity index is 1.41. The number of hydrogen-bond acceptors (Lipinski definition) is 7. The van der Waals surface area contributed by atoms with Gasteiger partial charge in [-0.15, -0.1) is 0 Å². The number of hydrogen-bond donors (Lipinski definition) is 2. The molecule has 1 amide bonds. The molecule has 1 aliphatic heterocycles. The lowest BCUT2D eigenvalue weighted by Gasteiger charge is -1.99. The molecule has 10 heteroatoms. The van der Waals surface area contributed by atoms with Crippen LogP contribution in [0.25, 0.3) is 11.3 Å². The summed E-state index contributed by atoms with van der Waals surface area (Å²) in [6.45, 7) is 0.180. The number of ether oxygens (including phenoxy) is 2. The van der Waals surface area contributed by atoms with E-state index in [1.807, 2.05) is 6.07 Å². The van der Waals surface area contributed by atoms with Crippen LogP contribution >= 0.6 is 0 Å². The molecule has 2 N–H and O–H groups in total. The molecule has 0 saturated heterocycles. The molecule has 0 spiro atoms. The number of hydrazone groups is 1. The van der Waals surface area contributed by atoms with E-state index in [2.05, 4.69) is 20.7 Å². The average molecular weight is 379 g/mol. The minimum atomic E-state index is -0.487. The van der Waals surface area contributed by atoms with E-state index in [1.54, 1.807) is 18.2 Å². The third-order valence-corrected chi connectivity index (χ3v) is 3.97. The van der Waals surface area contributed by atoms with Gasteiger partial charge in [-0.2, -0.15) is 10.2 Å². The minimum Gasteiger partial charge on any atom is -0.454 e. The summed E-state index contributed by atoms with van der Waals surface area (Å²) in [4.78, 5) is 22.3. The summed E-state index contributed by atoms with van der Waals surface area (Å²) in [6.07, 6.45) is 1.39. The maximum Gasteiger partial charge on any atom is 0.289 e. The Labute approximate surface area is 157 Å². The molecular weight excluding hydrogens is 366 g/mol. The summed E-state index contributed by atoms with van der Waals surface area (Å²) in [5.41, 5.74) is 4.54. The van der Waals surface area contributed by atoms with Crippen molar-refractivity contribution in [3.8, 4) is 22.8 Å². The highest BCUT2D eigenvalue weighted by molar-refractivity contribution is 5.94. The van der Waals surface area contributed by atoms with Crippen molar-refractivity contribution in [1.82, 2.24) is 15.6 Å². The number of carbonyl (C=O) groups is 1. The van der Waals surface area contributed by atoms with Crippen molar-refractivity contribution in [2.75, 3.05) is 6.79 Å². The Hall–Kier alpha value is -4.21. The molecule has 4 rings (SSSR count). The number of benzene rings is 2. The fourth-order valence-corrected chi connectivity index (χ4v) is 2.55. The van der Waals surface area contributed by atoms with Crippen LogP contribution in [-0.2, 0) is 0 Å². The summed E-state index contributed by atoms with van der Waals surface area (Å²) in [5.74, 6) is 0.815. The molecule has 2 heterocycles. The van der Waals surface area contributed by atoms with Crippen LogP contribution < -0.4 is 14.9 Å². The summed E-state index contributed by atoms with van der Waals surface area (Å²) >= 11 is 0. The Morgan fingerprint density at radius 3 is 2.75 bits per heavy atom. The first-order chi connectivity index (χ1) is 13.6. The second-order valence-corrected chi connectivity index (χ2v) is 5.78. The highest BCUT2D eigenvalue weighted by Gasteiger charge is 2.16. The monoisotopic (exact) mass is 379 g/mol. The third kappa shape index (κ3) is 3.51. The van der Waals surface area contributed by atoms with Gasteiger partial charge in [-0.1, -0.05) is 0 Å². The molecule has 1 aliphatic rings. The van der Waals surface area contributed by atoms with Crippen molar-refractivity contribution in [2.24, 2.45) is 5.10 Å². The lowest BCUT2D eigenvalue weighted by Crippen LogP contribution is -2.17. The number of H-pyrrole nitrogens is 1. The van der Waals surface area contributed by atoms with E-state index in [4.69, 9.17) is 9.47 Å². The highest BCUT2D eigenvalue weighted by Crippen LogP contribution is 2.35. The molecule has 0 saturated carbocycles. The molecule has 0 aliphatic carbocycles. The maximum atomic E-state index is 12.2.